The maximum absolute atomic E-state index is 12.3. The number of hydrogen-bond acceptors (Lipinski definition) is 5. The van der Waals surface area contributed by atoms with Crippen LogP contribution in [0.4, 0.5) is 0 Å². The molecule has 0 radical (unpaired) electrons. The van der Waals surface area contributed by atoms with Crippen LogP contribution < -0.4 is 10.1 Å². The maximum atomic E-state index is 12.3. The van der Waals surface area contributed by atoms with Crippen molar-refractivity contribution in [2.45, 2.75) is 39.8 Å². The van der Waals surface area contributed by atoms with E-state index in [1.54, 1.807) is 38.1 Å². The monoisotopic (exact) mass is 332 g/mol. The number of nitrogens with one attached hydrogen (secondary N) is 1. The molecule has 2 N–H and O–H groups in total. The normalized spacial score (nSPS) is 11.8. The predicted octanol–water partition coefficient (Wildman–Crippen LogP) is 2.46. The summed E-state index contributed by atoms with van der Waals surface area (Å²) < 4.78 is 10.8. The zero-order valence-electron chi connectivity index (χ0n) is 13.8. The number of carbonyl (C=O) groups excluding carboxylic acids is 1. The third-order valence-electron chi connectivity index (χ3n) is 3.70. The first-order valence-corrected chi connectivity index (χ1v) is 7.61. The lowest BCUT2D eigenvalue weighted by Gasteiger charge is -2.15. The summed E-state index contributed by atoms with van der Waals surface area (Å²) in [7, 11) is 0. The average Bonchev–Trinajstić information content (AvgIpc) is 2.88. The smallest absolute Gasteiger partial charge is 0.326 e. The number of hydrogen-bond donors (Lipinski definition) is 2. The highest BCUT2D eigenvalue weighted by Crippen LogP contribution is 2.21. The molecule has 0 saturated carbocycles. The van der Waals surface area contributed by atoms with Crippen LogP contribution in [0.25, 0.3) is 0 Å². The van der Waals surface area contributed by atoms with E-state index in [0.29, 0.717) is 17.9 Å². The molecule has 1 heterocycles. The van der Waals surface area contributed by atoms with Gasteiger partial charge in [-0.2, -0.15) is 0 Å². The van der Waals surface area contributed by atoms with Gasteiger partial charge >= 0.3 is 5.97 Å². The lowest BCUT2D eigenvalue weighted by Crippen LogP contribution is -2.40. The summed E-state index contributed by atoms with van der Waals surface area (Å²) in [5.74, 6) is -0.528. The number of benzene rings is 1. The van der Waals surface area contributed by atoms with E-state index in [0.717, 1.165) is 11.3 Å². The fourth-order valence-corrected chi connectivity index (χ4v) is 2.21. The van der Waals surface area contributed by atoms with Gasteiger partial charge < -0.3 is 19.7 Å². The molecule has 0 aliphatic rings. The van der Waals surface area contributed by atoms with Gasteiger partial charge in [-0.1, -0.05) is 24.2 Å². The summed E-state index contributed by atoms with van der Waals surface area (Å²) in [6.07, 6.45) is 0.295. The molecule has 1 amide bonds. The first-order valence-electron chi connectivity index (χ1n) is 7.61. The lowest BCUT2D eigenvalue weighted by molar-refractivity contribution is -0.139. The molecule has 24 heavy (non-hydrogen) atoms. The van der Waals surface area contributed by atoms with Crippen LogP contribution in [-0.4, -0.2) is 28.2 Å². The van der Waals surface area contributed by atoms with E-state index in [-0.39, 0.29) is 12.2 Å². The molecule has 7 nitrogen and oxygen atoms in total. The highest BCUT2D eigenvalue weighted by molar-refractivity contribution is 5.98. The number of para-hydroxylation sites is 1. The predicted molar refractivity (Wildman–Crippen MR) is 85.9 cm³/mol. The Balaban J connectivity index is 2.15. The van der Waals surface area contributed by atoms with Gasteiger partial charge in [-0.3, -0.25) is 4.79 Å². The Labute approximate surface area is 139 Å². The Hall–Kier alpha value is -2.83. The molecule has 1 atom stereocenters. The van der Waals surface area contributed by atoms with E-state index in [9.17, 15) is 9.59 Å². The first-order chi connectivity index (χ1) is 11.4. The van der Waals surface area contributed by atoms with Crippen molar-refractivity contribution in [2.75, 3.05) is 0 Å². The van der Waals surface area contributed by atoms with E-state index in [4.69, 9.17) is 14.4 Å². The molecule has 0 aliphatic carbocycles. The van der Waals surface area contributed by atoms with Gasteiger partial charge in [-0.05, 0) is 32.4 Å². The van der Waals surface area contributed by atoms with Crippen molar-refractivity contribution >= 4 is 11.9 Å². The zero-order valence-corrected chi connectivity index (χ0v) is 13.8. The van der Waals surface area contributed by atoms with Crippen LogP contribution in [0.3, 0.4) is 0 Å². The minimum atomic E-state index is -1.07. The molecule has 2 aromatic rings. The SMILES string of the molecule is CCC(NC(=O)c1ccccc1OCc1c(C)noc1C)C(=O)O. The Morgan fingerprint density at radius 1 is 1.33 bits per heavy atom. The minimum Gasteiger partial charge on any atom is -0.488 e. The van der Waals surface area contributed by atoms with Crippen molar-refractivity contribution in [1.29, 1.82) is 0 Å². The average molecular weight is 332 g/mol. The summed E-state index contributed by atoms with van der Waals surface area (Å²) in [6, 6.07) is 5.75. The number of aryl methyl sites for hydroxylation is 2. The van der Waals surface area contributed by atoms with Gasteiger partial charge in [-0.15, -0.1) is 0 Å². The highest BCUT2D eigenvalue weighted by atomic mass is 16.5. The van der Waals surface area contributed by atoms with Crippen molar-refractivity contribution in [3.63, 3.8) is 0 Å². The van der Waals surface area contributed by atoms with Gasteiger partial charge in [0.05, 0.1) is 16.8 Å². The fourth-order valence-electron chi connectivity index (χ4n) is 2.21. The van der Waals surface area contributed by atoms with Crippen LogP contribution in [-0.2, 0) is 11.4 Å². The number of aliphatic carboxylic acids is 1. The quantitative estimate of drug-likeness (QED) is 0.807. The molecule has 1 unspecified atom stereocenters. The second-order valence-electron chi connectivity index (χ2n) is 5.36. The maximum Gasteiger partial charge on any atom is 0.326 e. The summed E-state index contributed by atoms with van der Waals surface area (Å²) in [6.45, 7) is 5.50. The van der Waals surface area contributed by atoms with Gasteiger partial charge in [0.25, 0.3) is 5.91 Å². The number of carboxylic acids is 1. The molecule has 0 spiro atoms. The highest BCUT2D eigenvalue weighted by Gasteiger charge is 2.21. The largest absolute Gasteiger partial charge is 0.488 e. The summed E-state index contributed by atoms with van der Waals surface area (Å²) in [5, 5.41) is 15.4. The van der Waals surface area contributed by atoms with E-state index >= 15 is 0 Å². The van der Waals surface area contributed by atoms with Gasteiger partial charge in [0.1, 0.15) is 24.2 Å². The molecule has 0 bridgehead atoms. The Morgan fingerprint density at radius 3 is 2.62 bits per heavy atom. The molecule has 0 aliphatic heterocycles. The van der Waals surface area contributed by atoms with E-state index < -0.39 is 17.9 Å². The Bertz CT molecular complexity index is 719. The number of aromatic nitrogens is 1. The van der Waals surface area contributed by atoms with E-state index in [2.05, 4.69) is 10.5 Å². The second-order valence-corrected chi connectivity index (χ2v) is 5.36. The molecule has 128 valence electrons. The number of ether oxygens (including phenoxy) is 1. The number of nitrogens with zero attached hydrogens (tertiary/aromatic N) is 1. The molecule has 2 rings (SSSR count). The topological polar surface area (TPSA) is 102 Å². The van der Waals surface area contributed by atoms with Crippen molar-refractivity contribution in [1.82, 2.24) is 10.5 Å². The molecular formula is C17H20N2O5. The van der Waals surface area contributed by atoms with Gasteiger partial charge in [0.2, 0.25) is 0 Å². The first kappa shape index (κ1) is 17.5. The van der Waals surface area contributed by atoms with Crippen molar-refractivity contribution < 1.29 is 24.0 Å². The van der Waals surface area contributed by atoms with Gasteiger partial charge in [0.15, 0.2) is 0 Å². The lowest BCUT2D eigenvalue weighted by atomic mass is 10.1. The molecule has 7 heteroatoms. The number of carboxylic acid groups (broad SMARTS) is 1. The van der Waals surface area contributed by atoms with Crippen molar-refractivity contribution in [3.8, 4) is 5.75 Å². The molecular weight excluding hydrogens is 312 g/mol. The molecule has 1 aromatic carbocycles. The van der Waals surface area contributed by atoms with E-state index in [1.165, 1.54) is 0 Å². The third-order valence-corrected chi connectivity index (χ3v) is 3.70. The van der Waals surface area contributed by atoms with Gasteiger partial charge in [-0.25, -0.2) is 4.79 Å². The molecule has 0 fully saturated rings. The second kappa shape index (κ2) is 7.63. The number of rotatable bonds is 7. The number of amides is 1. The molecule has 0 saturated heterocycles. The standard InChI is InChI=1S/C17H20N2O5/c1-4-14(17(21)22)18-16(20)12-7-5-6-8-15(12)23-9-13-10(2)19-24-11(13)3/h5-8,14H,4,9H2,1-3H3,(H,18,20)(H,21,22). The van der Waals surface area contributed by atoms with Crippen LogP contribution in [0.15, 0.2) is 28.8 Å². The van der Waals surface area contributed by atoms with Crippen LogP contribution in [0.5, 0.6) is 5.75 Å². The Kier molecular flexibility index (Phi) is 5.57. The van der Waals surface area contributed by atoms with Gasteiger partial charge in [0, 0.05) is 0 Å². The summed E-state index contributed by atoms with van der Waals surface area (Å²) in [5.41, 5.74) is 1.83. The van der Waals surface area contributed by atoms with Crippen LogP contribution in [0, 0.1) is 13.8 Å². The summed E-state index contributed by atoms with van der Waals surface area (Å²) >= 11 is 0. The van der Waals surface area contributed by atoms with Crippen LogP contribution in [0.1, 0.15) is 40.7 Å². The van der Waals surface area contributed by atoms with Crippen molar-refractivity contribution in [2.24, 2.45) is 0 Å². The minimum absolute atomic E-state index is 0.210. The Morgan fingerprint density at radius 2 is 2.04 bits per heavy atom. The molecule has 1 aromatic heterocycles. The van der Waals surface area contributed by atoms with Crippen molar-refractivity contribution in [3.05, 3.63) is 46.8 Å². The number of carbonyl (C=O) groups is 2. The van der Waals surface area contributed by atoms with E-state index in [1.807, 2.05) is 6.92 Å². The third kappa shape index (κ3) is 3.92. The van der Waals surface area contributed by atoms with Crippen LogP contribution in [0.2, 0.25) is 0 Å². The van der Waals surface area contributed by atoms with Crippen LogP contribution >= 0.6 is 0 Å². The fraction of sp³-hybridized carbons (Fsp3) is 0.353. The zero-order chi connectivity index (χ0) is 17.7. The summed E-state index contributed by atoms with van der Waals surface area (Å²) in [4.78, 5) is 23.4.